The molecule has 1 aromatic carbocycles. The number of nitrogens with zero attached hydrogens (tertiary/aromatic N) is 1. The normalized spacial score (nSPS) is 11.7. The standard InChI is InChI=1S/C10H7F3N2S/c11-10(12,13)7-1-6(2-8(14)3-7)9-4-16-5-15-9/h1-5H,14H2. The Morgan fingerprint density at radius 2 is 1.94 bits per heavy atom. The second-order valence-corrected chi connectivity index (χ2v) is 3.93. The van der Waals surface area contributed by atoms with Crippen LogP contribution in [-0.4, -0.2) is 4.98 Å². The number of hydrogen-bond acceptors (Lipinski definition) is 3. The van der Waals surface area contributed by atoms with Crippen molar-refractivity contribution in [1.82, 2.24) is 4.98 Å². The quantitative estimate of drug-likeness (QED) is 0.781. The van der Waals surface area contributed by atoms with Crippen molar-refractivity contribution in [2.24, 2.45) is 0 Å². The second-order valence-electron chi connectivity index (χ2n) is 3.22. The molecule has 0 saturated heterocycles. The molecule has 0 fully saturated rings. The van der Waals surface area contributed by atoms with E-state index in [9.17, 15) is 13.2 Å². The lowest BCUT2D eigenvalue weighted by Crippen LogP contribution is -2.06. The van der Waals surface area contributed by atoms with Crippen LogP contribution in [0, 0.1) is 0 Å². The van der Waals surface area contributed by atoms with Crippen LogP contribution in [0.15, 0.2) is 29.1 Å². The fourth-order valence-electron chi connectivity index (χ4n) is 1.32. The zero-order valence-corrected chi connectivity index (χ0v) is 8.77. The summed E-state index contributed by atoms with van der Waals surface area (Å²) in [6, 6.07) is 3.44. The number of benzene rings is 1. The number of alkyl halides is 3. The van der Waals surface area contributed by atoms with E-state index in [0.717, 1.165) is 12.1 Å². The number of rotatable bonds is 1. The van der Waals surface area contributed by atoms with Crippen LogP contribution in [0.2, 0.25) is 0 Å². The van der Waals surface area contributed by atoms with Crippen molar-refractivity contribution in [3.63, 3.8) is 0 Å². The number of nitrogens with two attached hydrogens (primary N) is 1. The lowest BCUT2D eigenvalue weighted by Gasteiger charge is -2.09. The molecule has 0 spiro atoms. The summed E-state index contributed by atoms with van der Waals surface area (Å²) in [4.78, 5) is 3.95. The van der Waals surface area contributed by atoms with Crippen molar-refractivity contribution in [3.8, 4) is 11.3 Å². The summed E-state index contributed by atoms with van der Waals surface area (Å²) in [7, 11) is 0. The van der Waals surface area contributed by atoms with Gasteiger partial charge in [0.05, 0.1) is 16.8 Å². The first-order chi connectivity index (χ1) is 7.47. The number of thiazole rings is 1. The van der Waals surface area contributed by atoms with Gasteiger partial charge in [0.2, 0.25) is 0 Å². The van der Waals surface area contributed by atoms with Gasteiger partial charge in [-0.3, -0.25) is 0 Å². The van der Waals surface area contributed by atoms with Crippen LogP contribution < -0.4 is 5.73 Å². The van der Waals surface area contributed by atoms with Gasteiger partial charge in [-0.05, 0) is 18.2 Å². The minimum absolute atomic E-state index is 0.0813. The lowest BCUT2D eigenvalue weighted by atomic mass is 10.1. The molecule has 84 valence electrons. The van der Waals surface area contributed by atoms with Gasteiger partial charge in [0.1, 0.15) is 0 Å². The Morgan fingerprint density at radius 3 is 2.50 bits per heavy atom. The molecule has 2 N–H and O–H groups in total. The second kappa shape index (κ2) is 3.79. The molecule has 0 aliphatic carbocycles. The molecule has 6 heteroatoms. The maximum Gasteiger partial charge on any atom is 0.416 e. The predicted molar refractivity (Wildman–Crippen MR) is 57.0 cm³/mol. The fourth-order valence-corrected chi connectivity index (χ4v) is 1.88. The van der Waals surface area contributed by atoms with E-state index in [0.29, 0.717) is 11.3 Å². The molecule has 0 bridgehead atoms. The number of hydrogen-bond donors (Lipinski definition) is 1. The molecule has 0 aliphatic heterocycles. The molecule has 16 heavy (non-hydrogen) atoms. The first-order valence-corrected chi connectivity index (χ1v) is 5.27. The minimum Gasteiger partial charge on any atom is -0.399 e. The summed E-state index contributed by atoms with van der Waals surface area (Å²) in [5, 5.41) is 1.68. The third-order valence-corrected chi connectivity index (χ3v) is 2.60. The van der Waals surface area contributed by atoms with Gasteiger partial charge < -0.3 is 5.73 Å². The Kier molecular flexibility index (Phi) is 2.59. The average Bonchev–Trinajstić information content (AvgIpc) is 2.68. The Hall–Kier alpha value is -1.56. The fraction of sp³-hybridized carbons (Fsp3) is 0.100. The number of nitrogen functional groups attached to an aromatic ring is 1. The average molecular weight is 244 g/mol. The third-order valence-electron chi connectivity index (χ3n) is 2.01. The lowest BCUT2D eigenvalue weighted by molar-refractivity contribution is -0.137. The molecule has 1 heterocycles. The van der Waals surface area contributed by atoms with Gasteiger partial charge in [-0.2, -0.15) is 13.2 Å². The van der Waals surface area contributed by atoms with E-state index in [1.165, 1.54) is 17.4 Å². The zero-order valence-electron chi connectivity index (χ0n) is 7.95. The molecule has 0 unspecified atom stereocenters. The highest BCUT2D eigenvalue weighted by Crippen LogP contribution is 2.33. The minimum atomic E-state index is -4.39. The van der Waals surface area contributed by atoms with Crippen LogP contribution in [0.5, 0.6) is 0 Å². The monoisotopic (exact) mass is 244 g/mol. The molecule has 0 radical (unpaired) electrons. The topological polar surface area (TPSA) is 38.9 Å². The Balaban J connectivity index is 2.53. The van der Waals surface area contributed by atoms with Crippen molar-refractivity contribution >= 4 is 17.0 Å². The van der Waals surface area contributed by atoms with Gasteiger partial charge in [0.15, 0.2) is 0 Å². The molecule has 1 aromatic heterocycles. The molecule has 0 aliphatic rings. The number of anilines is 1. The maximum absolute atomic E-state index is 12.5. The smallest absolute Gasteiger partial charge is 0.399 e. The zero-order chi connectivity index (χ0) is 11.8. The van der Waals surface area contributed by atoms with Crippen molar-refractivity contribution in [1.29, 1.82) is 0 Å². The highest BCUT2D eigenvalue weighted by molar-refractivity contribution is 7.07. The number of halogens is 3. The highest BCUT2D eigenvalue weighted by atomic mass is 32.1. The molecule has 2 aromatic rings. The molecule has 0 atom stereocenters. The van der Waals surface area contributed by atoms with Crippen molar-refractivity contribution in [2.45, 2.75) is 6.18 Å². The first-order valence-electron chi connectivity index (χ1n) is 4.33. The first kappa shape index (κ1) is 10.9. The summed E-state index contributed by atoms with van der Waals surface area (Å²) in [5.41, 5.74) is 7.21. The Labute approximate surface area is 93.5 Å². The summed E-state index contributed by atoms with van der Waals surface area (Å²) in [6.07, 6.45) is -4.39. The van der Waals surface area contributed by atoms with Crippen LogP contribution in [0.1, 0.15) is 5.56 Å². The van der Waals surface area contributed by atoms with Gasteiger partial charge in [0.25, 0.3) is 0 Å². The van der Waals surface area contributed by atoms with Crippen LogP contribution in [0.3, 0.4) is 0 Å². The van der Waals surface area contributed by atoms with Crippen LogP contribution in [-0.2, 0) is 6.18 Å². The van der Waals surface area contributed by atoms with Crippen LogP contribution >= 0.6 is 11.3 Å². The van der Waals surface area contributed by atoms with E-state index in [1.807, 2.05) is 0 Å². The summed E-state index contributed by atoms with van der Waals surface area (Å²) in [5.74, 6) is 0. The molecular formula is C10H7F3N2S. The summed E-state index contributed by atoms with van der Waals surface area (Å²) >= 11 is 1.32. The summed E-state index contributed by atoms with van der Waals surface area (Å²) < 4.78 is 37.5. The SMILES string of the molecule is Nc1cc(-c2cscn2)cc(C(F)(F)F)c1. The van der Waals surface area contributed by atoms with E-state index in [-0.39, 0.29) is 5.69 Å². The molecule has 0 amide bonds. The van der Waals surface area contributed by atoms with E-state index in [2.05, 4.69) is 4.98 Å². The molecular weight excluding hydrogens is 237 g/mol. The van der Waals surface area contributed by atoms with Crippen LogP contribution in [0.25, 0.3) is 11.3 Å². The Bertz CT molecular complexity index is 491. The van der Waals surface area contributed by atoms with E-state index in [1.54, 1.807) is 10.9 Å². The maximum atomic E-state index is 12.5. The molecule has 2 rings (SSSR count). The van der Waals surface area contributed by atoms with Gasteiger partial charge in [-0.1, -0.05) is 0 Å². The van der Waals surface area contributed by atoms with Crippen LogP contribution in [0.4, 0.5) is 18.9 Å². The Morgan fingerprint density at radius 1 is 1.19 bits per heavy atom. The predicted octanol–water partition coefficient (Wildman–Crippen LogP) is 3.41. The van der Waals surface area contributed by atoms with Gasteiger partial charge >= 0.3 is 6.18 Å². The van der Waals surface area contributed by atoms with Crippen molar-refractivity contribution in [3.05, 3.63) is 34.7 Å². The summed E-state index contributed by atoms with van der Waals surface area (Å²) in [6.45, 7) is 0. The van der Waals surface area contributed by atoms with Crippen molar-refractivity contribution < 1.29 is 13.2 Å². The molecule has 2 nitrogen and oxygen atoms in total. The van der Waals surface area contributed by atoms with Gasteiger partial charge in [-0.15, -0.1) is 11.3 Å². The van der Waals surface area contributed by atoms with Gasteiger partial charge in [0, 0.05) is 16.6 Å². The third kappa shape index (κ3) is 2.16. The largest absolute Gasteiger partial charge is 0.416 e. The van der Waals surface area contributed by atoms with E-state index >= 15 is 0 Å². The highest BCUT2D eigenvalue weighted by Gasteiger charge is 2.31. The number of aromatic nitrogens is 1. The molecule has 0 saturated carbocycles. The van der Waals surface area contributed by atoms with Gasteiger partial charge in [-0.25, -0.2) is 4.98 Å². The van der Waals surface area contributed by atoms with Crippen molar-refractivity contribution in [2.75, 3.05) is 5.73 Å². The van der Waals surface area contributed by atoms with E-state index < -0.39 is 11.7 Å². The van der Waals surface area contributed by atoms with E-state index in [4.69, 9.17) is 5.73 Å².